The van der Waals surface area contributed by atoms with Crippen molar-refractivity contribution in [1.82, 2.24) is 10.2 Å². The zero-order chi connectivity index (χ0) is 30.3. The van der Waals surface area contributed by atoms with Gasteiger partial charge in [0.05, 0.1) is 24.8 Å². The summed E-state index contributed by atoms with van der Waals surface area (Å²) in [5, 5.41) is 3.08. The van der Waals surface area contributed by atoms with Crippen LogP contribution >= 0.6 is 0 Å². The highest BCUT2D eigenvalue weighted by molar-refractivity contribution is 7.92. The molecule has 3 aromatic carbocycles. The second kappa shape index (κ2) is 13.7. The molecule has 1 saturated carbocycles. The highest BCUT2D eigenvalue weighted by atomic mass is 32.2. The van der Waals surface area contributed by atoms with Gasteiger partial charge >= 0.3 is 0 Å². The third-order valence-corrected chi connectivity index (χ3v) is 9.39. The quantitative estimate of drug-likeness (QED) is 0.327. The van der Waals surface area contributed by atoms with Crippen molar-refractivity contribution in [1.29, 1.82) is 0 Å². The largest absolute Gasteiger partial charge is 0.497 e. The van der Waals surface area contributed by atoms with E-state index in [-0.39, 0.29) is 23.4 Å². The number of hydrogen-bond donors (Lipinski definition) is 1. The summed E-state index contributed by atoms with van der Waals surface area (Å²) >= 11 is 0. The SMILES string of the molecule is COc1ccc(N(CC(=O)N(Cc2cccc(OC)c2)C(C)C(=O)NC2CCCC2)S(=O)(=O)c2ccc(C)cc2)cc1. The zero-order valence-corrected chi connectivity index (χ0v) is 25.4. The Balaban J connectivity index is 1.69. The Morgan fingerprint density at radius 2 is 1.57 bits per heavy atom. The number of aryl methyl sites for hydroxylation is 1. The second-order valence-corrected chi connectivity index (χ2v) is 12.4. The van der Waals surface area contributed by atoms with Crippen molar-refractivity contribution in [2.75, 3.05) is 25.1 Å². The van der Waals surface area contributed by atoms with Crippen LogP contribution in [-0.2, 0) is 26.2 Å². The number of nitrogens with one attached hydrogen (secondary N) is 1. The lowest BCUT2D eigenvalue weighted by molar-refractivity contribution is -0.139. The average molecular weight is 594 g/mol. The van der Waals surface area contributed by atoms with Crippen LogP contribution in [0, 0.1) is 6.92 Å². The molecule has 0 heterocycles. The van der Waals surface area contributed by atoms with Gasteiger partial charge in [-0.25, -0.2) is 8.42 Å². The van der Waals surface area contributed by atoms with Crippen molar-refractivity contribution in [2.24, 2.45) is 0 Å². The van der Waals surface area contributed by atoms with Crippen molar-refractivity contribution >= 4 is 27.5 Å². The molecule has 1 fully saturated rings. The molecule has 4 rings (SSSR count). The number of hydrogen-bond acceptors (Lipinski definition) is 6. The molecule has 2 amide bonds. The van der Waals surface area contributed by atoms with Crippen LogP contribution in [0.4, 0.5) is 5.69 Å². The van der Waals surface area contributed by atoms with E-state index in [0.29, 0.717) is 17.2 Å². The minimum Gasteiger partial charge on any atom is -0.497 e. The molecule has 1 N–H and O–H groups in total. The molecule has 0 radical (unpaired) electrons. The van der Waals surface area contributed by atoms with E-state index in [1.165, 1.54) is 24.1 Å². The fourth-order valence-corrected chi connectivity index (χ4v) is 6.47. The van der Waals surface area contributed by atoms with E-state index in [9.17, 15) is 18.0 Å². The van der Waals surface area contributed by atoms with Crippen LogP contribution in [0.5, 0.6) is 11.5 Å². The van der Waals surface area contributed by atoms with Crippen LogP contribution in [0.3, 0.4) is 0 Å². The number of rotatable bonds is 12. The van der Waals surface area contributed by atoms with Gasteiger partial charge in [0, 0.05) is 12.6 Å². The second-order valence-electron chi connectivity index (χ2n) is 10.6. The lowest BCUT2D eigenvalue weighted by Crippen LogP contribution is -2.52. The van der Waals surface area contributed by atoms with Crippen LogP contribution in [0.1, 0.15) is 43.7 Å². The number of carbonyl (C=O) groups is 2. The van der Waals surface area contributed by atoms with Gasteiger partial charge in [0.1, 0.15) is 24.1 Å². The van der Waals surface area contributed by atoms with Crippen LogP contribution in [0.25, 0.3) is 0 Å². The molecule has 0 aliphatic heterocycles. The van der Waals surface area contributed by atoms with Crippen LogP contribution < -0.4 is 19.1 Å². The number of methoxy groups -OCH3 is 2. The third kappa shape index (κ3) is 7.42. The summed E-state index contributed by atoms with van der Waals surface area (Å²) in [6, 6.07) is 19.4. The van der Waals surface area contributed by atoms with Crippen LogP contribution in [0.15, 0.2) is 77.7 Å². The molecule has 224 valence electrons. The first kappa shape index (κ1) is 30.9. The number of sulfonamides is 1. The molecule has 1 aliphatic carbocycles. The number of nitrogens with zero attached hydrogens (tertiary/aromatic N) is 2. The first-order valence-corrected chi connectivity index (χ1v) is 15.5. The van der Waals surface area contributed by atoms with E-state index in [1.54, 1.807) is 62.6 Å². The summed E-state index contributed by atoms with van der Waals surface area (Å²) in [5.74, 6) is 0.383. The lowest BCUT2D eigenvalue weighted by atomic mass is 10.1. The number of ether oxygens (including phenoxy) is 2. The van der Waals surface area contributed by atoms with E-state index in [2.05, 4.69) is 5.32 Å². The highest BCUT2D eigenvalue weighted by Gasteiger charge is 2.33. The van der Waals surface area contributed by atoms with E-state index in [1.807, 2.05) is 19.1 Å². The maximum absolute atomic E-state index is 14.1. The fourth-order valence-electron chi connectivity index (χ4n) is 5.06. The fraction of sp³-hybridized carbons (Fsp3) is 0.375. The molecule has 0 saturated heterocycles. The van der Waals surface area contributed by atoms with Gasteiger partial charge in [-0.05, 0) is 80.8 Å². The molecule has 3 aromatic rings. The van der Waals surface area contributed by atoms with Crippen molar-refractivity contribution < 1.29 is 27.5 Å². The van der Waals surface area contributed by atoms with E-state index >= 15 is 0 Å². The summed E-state index contributed by atoms with van der Waals surface area (Å²) in [5.41, 5.74) is 1.96. The van der Waals surface area contributed by atoms with Gasteiger partial charge < -0.3 is 19.7 Å². The highest BCUT2D eigenvalue weighted by Crippen LogP contribution is 2.27. The Morgan fingerprint density at radius 3 is 2.19 bits per heavy atom. The summed E-state index contributed by atoms with van der Waals surface area (Å²) in [6.45, 7) is 3.13. The predicted octanol–water partition coefficient (Wildman–Crippen LogP) is 4.68. The van der Waals surface area contributed by atoms with Gasteiger partial charge in [0.25, 0.3) is 10.0 Å². The Labute approximate surface area is 248 Å². The Hall–Kier alpha value is -4.05. The van der Waals surface area contributed by atoms with E-state index in [0.717, 1.165) is 41.1 Å². The standard InChI is InChI=1S/C32H39N3O6S/c1-23-12-18-30(19-13-23)42(38,39)35(27-14-16-28(40-3)17-15-27)22-31(36)34(21-25-8-7-11-29(20-25)41-4)24(2)32(37)33-26-9-5-6-10-26/h7-8,11-20,24,26H,5-6,9-10,21-22H2,1-4H3,(H,33,37). The molecule has 0 spiro atoms. The summed E-state index contributed by atoms with van der Waals surface area (Å²) in [7, 11) is -1.06. The molecule has 1 atom stereocenters. The van der Waals surface area contributed by atoms with Gasteiger partial charge in [-0.2, -0.15) is 0 Å². The number of benzene rings is 3. The van der Waals surface area contributed by atoms with Gasteiger partial charge in [0.15, 0.2) is 0 Å². The zero-order valence-electron chi connectivity index (χ0n) is 24.6. The maximum atomic E-state index is 14.1. The Morgan fingerprint density at radius 1 is 0.929 bits per heavy atom. The number of anilines is 1. The summed E-state index contributed by atoms with van der Waals surface area (Å²) in [4.78, 5) is 29.0. The van der Waals surface area contributed by atoms with Crippen LogP contribution in [0.2, 0.25) is 0 Å². The number of amides is 2. The van der Waals surface area contributed by atoms with Crippen molar-refractivity contribution in [3.05, 3.63) is 83.9 Å². The molecule has 42 heavy (non-hydrogen) atoms. The molecular formula is C32H39N3O6S. The molecule has 1 aliphatic rings. The molecular weight excluding hydrogens is 554 g/mol. The number of carbonyl (C=O) groups excluding carboxylic acids is 2. The van der Waals surface area contributed by atoms with E-state index < -0.39 is 28.5 Å². The molecule has 1 unspecified atom stereocenters. The van der Waals surface area contributed by atoms with E-state index in [4.69, 9.17) is 9.47 Å². The summed E-state index contributed by atoms with van der Waals surface area (Å²) < 4.78 is 39.6. The van der Waals surface area contributed by atoms with Gasteiger partial charge in [-0.3, -0.25) is 13.9 Å². The Bertz CT molecular complexity index is 1470. The maximum Gasteiger partial charge on any atom is 0.264 e. The smallest absolute Gasteiger partial charge is 0.264 e. The van der Waals surface area contributed by atoms with Gasteiger partial charge in [0.2, 0.25) is 11.8 Å². The Kier molecular flexibility index (Phi) is 10.1. The van der Waals surface area contributed by atoms with Gasteiger partial charge in [-0.1, -0.05) is 42.7 Å². The predicted molar refractivity (Wildman–Crippen MR) is 162 cm³/mol. The monoisotopic (exact) mass is 593 g/mol. The lowest BCUT2D eigenvalue weighted by Gasteiger charge is -2.32. The summed E-state index contributed by atoms with van der Waals surface area (Å²) in [6.07, 6.45) is 3.92. The minimum absolute atomic E-state index is 0.0584. The average Bonchev–Trinajstić information content (AvgIpc) is 3.51. The van der Waals surface area contributed by atoms with Crippen molar-refractivity contribution in [3.8, 4) is 11.5 Å². The molecule has 10 heteroatoms. The molecule has 9 nitrogen and oxygen atoms in total. The topological polar surface area (TPSA) is 105 Å². The minimum atomic E-state index is -4.14. The first-order chi connectivity index (χ1) is 20.1. The van der Waals surface area contributed by atoms with Crippen LogP contribution in [-0.4, -0.2) is 58.0 Å². The molecule has 0 aromatic heterocycles. The van der Waals surface area contributed by atoms with Gasteiger partial charge in [-0.15, -0.1) is 0 Å². The third-order valence-electron chi connectivity index (χ3n) is 7.60. The molecule has 0 bridgehead atoms. The van der Waals surface area contributed by atoms with Crippen molar-refractivity contribution in [2.45, 2.75) is 63.1 Å². The first-order valence-electron chi connectivity index (χ1n) is 14.1. The normalized spacial score (nSPS) is 14.2. The van der Waals surface area contributed by atoms with Crippen molar-refractivity contribution in [3.63, 3.8) is 0 Å².